The van der Waals surface area contributed by atoms with Gasteiger partial charge in [-0.05, 0) is 62.3 Å². The summed E-state index contributed by atoms with van der Waals surface area (Å²) in [6.45, 7) is 2.50. The summed E-state index contributed by atoms with van der Waals surface area (Å²) in [6, 6.07) is 6.13. The molecule has 1 aromatic carbocycles. The van der Waals surface area contributed by atoms with Gasteiger partial charge in [0.1, 0.15) is 5.76 Å². The van der Waals surface area contributed by atoms with Crippen LogP contribution in [0.2, 0.25) is 0 Å². The quantitative estimate of drug-likeness (QED) is 0.464. The fourth-order valence-corrected chi connectivity index (χ4v) is 5.94. The Morgan fingerprint density at radius 3 is 2.56 bits per heavy atom. The molecule has 1 aliphatic carbocycles. The average Bonchev–Trinajstić information content (AvgIpc) is 3.21. The van der Waals surface area contributed by atoms with Gasteiger partial charge in [-0.3, -0.25) is 14.8 Å². The maximum absolute atomic E-state index is 13.0. The molecular formula is C22H27N3O6S. The lowest BCUT2D eigenvalue weighted by Crippen LogP contribution is -2.35. The molecule has 172 valence electrons. The van der Waals surface area contributed by atoms with E-state index in [0.29, 0.717) is 18.7 Å². The Morgan fingerprint density at radius 2 is 1.84 bits per heavy atom. The number of hydrogen-bond donors (Lipinski definition) is 3. The summed E-state index contributed by atoms with van der Waals surface area (Å²) in [7, 11) is -3.77. The van der Waals surface area contributed by atoms with Gasteiger partial charge in [0.2, 0.25) is 5.09 Å². The highest BCUT2D eigenvalue weighted by Gasteiger charge is 2.32. The van der Waals surface area contributed by atoms with Crippen LogP contribution >= 0.6 is 0 Å². The predicted octanol–water partition coefficient (Wildman–Crippen LogP) is 2.69. The van der Waals surface area contributed by atoms with Gasteiger partial charge in [0.15, 0.2) is 0 Å². The first-order chi connectivity index (χ1) is 15.3. The highest BCUT2D eigenvalue weighted by molar-refractivity contribution is 7.89. The molecule has 4 rings (SSSR count). The molecule has 1 fully saturated rings. The van der Waals surface area contributed by atoms with Crippen molar-refractivity contribution in [2.75, 3.05) is 13.1 Å². The van der Waals surface area contributed by atoms with Crippen molar-refractivity contribution in [3.63, 3.8) is 0 Å². The van der Waals surface area contributed by atoms with E-state index in [-0.39, 0.29) is 22.5 Å². The molecule has 0 spiro atoms. The summed E-state index contributed by atoms with van der Waals surface area (Å²) in [5.41, 5.74) is 4.00. The van der Waals surface area contributed by atoms with E-state index in [4.69, 9.17) is 9.62 Å². The molecule has 3 N–H and O–H groups in total. The molecule has 2 amide bonds. The summed E-state index contributed by atoms with van der Waals surface area (Å²) in [6.07, 6.45) is 4.94. The summed E-state index contributed by atoms with van der Waals surface area (Å²) in [5.74, 6) is -0.735. The number of aryl methyl sites for hydroxylation is 2. The number of hydroxylamine groups is 1. The van der Waals surface area contributed by atoms with Crippen LogP contribution in [0.25, 0.3) is 0 Å². The third kappa shape index (κ3) is 4.30. The van der Waals surface area contributed by atoms with Gasteiger partial charge in [0.25, 0.3) is 21.8 Å². The van der Waals surface area contributed by atoms with Crippen molar-refractivity contribution < 1.29 is 27.6 Å². The van der Waals surface area contributed by atoms with Gasteiger partial charge < -0.3 is 9.73 Å². The Balaban J connectivity index is 1.54. The van der Waals surface area contributed by atoms with Crippen molar-refractivity contribution in [2.45, 2.75) is 56.6 Å². The first kappa shape index (κ1) is 22.5. The van der Waals surface area contributed by atoms with E-state index in [0.717, 1.165) is 49.7 Å². The van der Waals surface area contributed by atoms with Crippen LogP contribution in [-0.4, -0.2) is 42.8 Å². The molecule has 1 unspecified atom stereocenters. The van der Waals surface area contributed by atoms with Crippen LogP contribution in [0.1, 0.15) is 75.7 Å². The minimum atomic E-state index is -3.77. The molecular weight excluding hydrogens is 434 g/mol. The fraction of sp³-hybridized carbons (Fsp3) is 0.455. The Morgan fingerprint density at radius 1 is 1.09 bits per heavy atom. The van der Waals surface area contributed by atoms with Gasteiger partial charge in [-0.15, -0.1) is 0 Å². The van der Waals surface area contributed by atoms with E-state index in [9.17, 15) is 18.0 Å². The topological polar surface area (TPSA) is 129 Å². The number of rotatable bonds is 5. The summed E-state index contributed by atoms with van der Waals surface area (Å²) in [4.78, 5) is 24.7. The van der Waals surface area contributed by atoms with Crippen LogP contribution in [-0.2, 0) is 16.4 Å². The molecule has 2 aromatic rings. The SMILES string of the molecule is Cc1oc(S(=O)(=O)N2CCCCC2)cc1C(=O)NC1CCCc2cc(C(=O)NO)ccc21. The van der Waals surface area contributed by atoms with Gasteiger partial charge in [0.05, 0.1) is 11.6 Å². The minimum Gasteiger partial charge on any atom is -0.448 e. The number of carbonyl (C=O) groups excluding carboxylic acids is 2. The number of fused-ring (bicyclic) bond motifs is 1. The average molecular weight is 462 g/mol. The second-order valence-electron chi connectivity index (χ2n) is 8.27. The van der Waals surface area contributed by atoms with E-state index < -0.39 is 21.8 Å². The second-order valence-corrected chi connectivity index (χ2v) is 10.1. The predicted molar refractivity (Wildman–Crippen MR) is 115 cm³/mol. The van der Waals surface area contributed by atoms with Crippen LogP contribution in [0.15, 0.2) is 33.8 Å². The third-order valence-corrected chi connectivity index (χ3v) is 7.93. The summed E-state index contributed by atoms with van der Waals surface area (Å²) >= 11 is 0. The molecule has 10 heteroatoms. The lowest BCUT2D eigenvalue weighted by Gasteiger charge is -2.26. The van der Waals surface area contributed by atoms with Gasteiger partial charge >= 0.3 is 0 Å². The lowest BCUT2D eigenvalue weighted by atomic mass is 9.86. The van der Waals surface area contributed by atoms with E-state index in [1.165, 1.54) is 10.4 Å². The van der Waals surface area contributed by atoms with Crippen molar-refractivity contribution in [2.24, 2.45) is 0 Å². The molecule has 0 radical (unpaired) electrons. The van der Waals surface area contributed by atoms with Crippen molar-refractivity contribution in [3.05, 3.63) is 52.3 Å². The number of benzene rings is 1. The highest BCUT2D eigenvalue weighted by Crippen LogP contribution is 2.31. The first-order valence-electron chi connectivity index (χ1n) is 10.8. The standard InChI is InChI=1S/C22H27N3O6S/c1-14-18(13-20(31-14)32(29,30)25-10-3-2-4-11-25)22(27)23-19-7-5-6-15-12-16(21(26)24-28)8-9-17(15)19/h8-9,12-13,19,28H,2-7,10-11H2,1H3,(H,23,27)(H,24,26). The minimum absolute atomic E-state index is 0.198. The van der Waals surface area contributed by atoms with Crippen molar-refractivity contribution in [3.8, 4) is 0 Å². The van der Waals surface area contributed by atoms with Crippen LogP contribution < -0.4 is 10.8 Å². The van der Waals surface area contributed by atoms with E-state index in [1.807, 2.05) is 0 Å². The Hall–Kier alpha value is -2.69. The largest absolute Gasteiger partial charge is 0.448 e. The second kappa shape index (κ2) is 9.05. The fourth-order valence-electron chi connectivity index (χ4n) is 4.45. The summed E-state index contributed by atoms with van der Waals surface area (Å²) < 4.78 is 32.7. The Labute approximate surface area is 186 Å². The summed E-state index contributed by atoms with van der Waals surface area (Å²) in [5, 5.41) is 11.6. The van der Waals surface area contributed by atoms with E-state index in [1.54, 1.807) is 30.6 Å². The number of nitrogens with one attached hydrogen (secondary N) is 2. The first-order valence-corrected chi connectivity index (χ1v) is 12.2. The van der Waals surface area contributed by atoms with Crippen molar-refractivity contribution >= 4 is 21.8 Å². The molecule has 1 saturated heterocycles. The van der Waals surface area contributed by atoms with Gasteiger partial charge in [-0.25, -0.2) is 13.9 Å². The maximum Gasteiger partial charge on any atom is 0.276 e. The number of furan rings is 1. The molecule has 2 aliphatic rings. The Kier molecular flexibility index (Phi) is 6.36. The van der Waals surface area contributed by atoms with Crippen LogP contribution in [0, 0.1) is 6.92 Å². The highest BCUT2D eigenvalue weighted by atomic mass is 32.2. The van der Waals surface area contributed by atoms with Crippen LogP contribution in [0.3, 0.4) is 0 Å². The number of nitrogens with zero attached hydrogens (tertiary/aromatic N) is 1. The number of piperidine rings is 1. The zero-order valence-electron chi connectivity index (χ0n) is 17.9. The lowest BCUT2D eigenvalue weighted by molar-refractivity contribution is 0.0706. The number of hydrogen-bond acceptors (Lipinski definition) is 6. The third-order valence-electron chi connectivity index (χ3n) is 6.18. The van der Waals surface area contributed by atoms with Gasteiger partial charge in [-0.2, -0.15) is 4.31 Å². The normalized spacial score (nSPS) is 19.2. The van der Waals surface area contributed by atoms with Gasteiger partial charge in [-0.1, -0.05) is 12.5 Å². The molecule has 1 atom stereocenters. The molecule has 2 heterocycles. The van der Waals surface area contributed by atoms with Gasteiger partial charge in [0, 0.05) is 24.7 Å². The maximum atomic E-state index is 13.0. The number of carbonyl (C=O) groups is 2. The molecule has 1 aliphatic heterocycles. The van der Waals surface area contributed by atoms with Crippen LogP contribution in [0.5, 0.6) is 0 Å². The molecule has 9 nitrogen and oxygen atoms in total. The molecule has 0 saturated carbocycles. The van der Waals surface area contributed by atoms with E-state index in [2.05, 4.69) is 5.32 Å². The smallest absolute Gasteiger partial charge is 0.276 e. The zero-order valence-corrected chi connectivity index (χ0v) is 18.7. The van der Waals surface area contributed by atoms with Crippen molar-refractivity contribution in [1.82, 2.24) is 15.1 Å². The Bertz CT molecular complexity index is 1130. The van der Waals surface area contributed by atoms with E-state index >= 15 is 0 Å². The monoisotopic (exact) mass is 461 g/mol. The molecule has 1 aromatic heterocycles. The zero-order chi connectivity index (χ0) is 22.9. The molecule has 32 heavy (non-hydrogen) atoms. The van der Waals surface area contributed by atoms with Crippen LogP contribution in [0.4, 0.5) is 0 Å². The number of sulfonamides is 1. The molecule has 0 bridgehead atoms. The number of amides is 2. The van der Waals surface area contributed by atoms with Crippen molar-refractivity contribution in [1.29, 1.82) is 0 Å².